The molecule has 1 aromatic rings. The number of hydrogen-bond donors (Lipinski definition) is 1. The van der Waals surface area contributed by atoms with E-state index in [1.54, 1.807) is 17.3 Å². The molecular formula is C13H20N4O. The van der Waals surface area contributed by atoms with E-state index in [2.05, 4.69) is 9.88 Å². The lowest BCUT2D eigenvalue weighted by molar-refractivity contribution is -0.140. The predicted octanol–water partition coefficient (Wildman–Crippen LogP) is 0.0730. The van der Waals surface area contributed by atoms with Crippen molar-refractivity contribution in [3.63, 3.8) is 0 Å². The van der Waals surface area contributed by atoms with Crippen LogP contribution in [0.1, 0.15) is 12.0 Å². The van der Waals surface area contributed by atoms with Crippen LogP contribution in [-0.4, -0.2) is 53.4 Å². The summed E-state index contributed by atoms with van der Waals surface area (Å²) >= 11 is 0. The molecule has 1 saturated heterocycles. The highest BCUT2D eigenvalue weighted by Crippen LogP contribution is 2.16. The van der Waals surface area contributed by atoms with Crippen LogP contribution in [-0.2, 0) is 11.3 Å². The molecule has 0 saturated carbocycles. The molecule has 5 nitrogen and oxygen atoms in total. The zero-order valence-electron chi connectivity index (χ0n) is 10.7. The quantitative estimate of drug-likeness (QED) is 0.819. The Kier molecular flexibility index (Phi) is 4.28. The molecule has 2 N–H and O–H groups in total. The summed E-state index contributed by atoms with van der Waals surface area (Å²) in [5.41, 5.74) is 6.80. The standard InChI is InChI=1S/C13H20N4O/c1-16-8-9-17(12(2-5-14)13(16)18)10-11-3-6-15-7-4-11/h3-4,6-7,12H,2,5,8-10,14H2,1H3. The van der Waals surface area contributed by atoms with Gasteiger partial charge in [-0.1, -0.05) is 0 Å². The van der Waals surface area contributed by atoms with Crippen LogP contribution in [0.5, 0.6) is 0 Å². The lowest BCUT2D eigenvalue weighted by atomic mass is 10.1. The summed E-state index contributed by atoms with van der Waals surface area (Å²) in [7, 11) is 1.86. The van der Waals surface area contributed by atoms with E-state index in [0.717, 1.165) is 19.6 Å². The predicted molar refractivity (Wildman–Crippen MR) is 69.7 cm³/mol. The molecule has 0 aliphatic carbocycles. The van der Waals surface area contributed by atoms with Gasteiger partial charge in [-0.2, -0.15) is 0 Å². The molecule has 0 radical (unpaired) electrons. The number of carbonyl (C=O) groups is 1. The lowest BCUT2D eigenvalue weighted by Gasteiger charge is -2.39. The van der Waals surface area contributed by atoms with E-state index in [9.17, 15) is 4.79 Å². The Morgan fingerprint density at radius 3 is 2.78 bits per heavy atom. The monoisotopic (exact) mass is 248 g/mol. The fourth-order valence-corrected chi connectivity index (χ4v) is 2.33. The number of pyridine rings is 1. The third-order valence-electron chi connectivity index (χ3n) is 3.40. The summed E-state index contributed by atoms with van der Waals surface area (Å²) in [6, 6.07) is 3.90. The minimum atomic E-state index is -0.0816. The van der Waals surface area contributed by atoms with Gasteiger partial charge in [0.15, 0.2) is 0 Å². The molecule has 1 amide bonds. The molecule has 1 unspecified atom stereocenters. The van der Waals surface area contributed by atoms with Crippen LogP contribution in [0.2, 0.25) is 0 Å². The summed E-state index contributed by atoms with van der Waals surface area (Å²) in [4.78, 5) is 20.1. The molecule has 2 rings (SSSR count). The summed E-state index contributed by atoms with van der Waals surface area (Å²) in [6.45, 7) is 3.00. The molecular weight excluding hydrogens is 228 g/mol. The summed E-state index contributed by atoms with van der Waals surface area (Å²) in [5, 5.41) is 0. The van der Waals surface area contributed by atoms with Gasteiger partial charge in [0, 0.05) is 39.1 Å². The van der Waals surface area contributed by atoms with Gasteiger partial charge in [-0.3, -0.25) is 14.7 Å². The highest BCUT2D eigenvalue weighted by atomic mass is 16.2. The van der Waals surface area contributed by atoms with Gasteiger partial charge in [0.25, 0.3) is 0 Å². The van der Waals surface area contributed by atoms with Crippen molar-refractivity contribution in [2.45, 2.75) is 19.0 Å². The Bertz CT molecular complexity index is 395. The molecule has 1 aromatic heterocycles. The van der Waals surface area contributed by atoms with E-state index in [4.69, 9.17) is 5.73 Å². The van der Waals surface area contributed by atoms with Crippen LogP contribution in [0, 0.1) is 0 Å². The molecule has 0 bridgehead atoms. The normalized spacial score (nSPS) is 21.3. The molecule has 0 aromatic carbocycles. The molecule has 0 spiro atoms. The van der Waals surface area contributed by atoms with Crippen molar-refractivity contribution in [3.8, 4) is 0 Å². The van der Waals surface area contributed by atoms with Gasteiger partial charge >= 0.3 is 0 Å². The number of amides is 1. The fourth-order valence-electron chi connectivity index (χ4n) is 2.33. The van der Waals surface area contributed by atoms with Crippen molar-refractivity contribution in [1.82, 2.24) is 14.8 Å². The third kappa shape index (κ3) is 2.86. The highest BCUT2D eigenvalue weighted by Gasteiger charge is 2.32. The zero-order chi connectivity index (χ0) is 13.0. The number of likely N-dealkylation sites (N-methyl/N-ethyl adjacent to an activating group) is 1. The third-order valence-corrected chi connectivity index (χ3v) is 3.40. The highest BCUT2D eigenvalue weighted by molar-refractivity contribution is 5.82. The van der Waals surface area contributed by atoms with Gasteiger partial charge in [0.2, 0.25) is 5.91 Å². The van der Waals surface area contributed by atoms with Crippen LogP contribution in [0.3, 0.4) is 0 Å². The van der Waals surface area contributed by atoms with Gasteiger partial charge in [-0.05, 0) is 30.7 Å². The molecule has 1 atom stereocenters. The van der Waals surface area contributed by atoms with E-state index in [-0.39, 0.29) is 11.9 Å². The number of aromatic nitrogens is 1. The van der Waals surface area contributed by atoms with Crippen LogP contribution in [0.25, 0.3) is 0 Å². The maximum absolute atomic E-state index is 12.1. The molecule has 98 valence electrons. The average Bonchev–Trinajstić information content (AvgIpc) is 2.39. The Morgan fingerprint density at radius 1 is 1.39 bits per heavy atom. The van der Waals surface area contributed by atoms with Gasteiger partial charge < -0.3 is 10.6 Å². The van der Waals surface area contributed by atoms with Crippen LogP contribution in [0.4, 0.5) is 0 Å². The molecule has 1 aliphatic heterocycles. The van der Waals surface area contributed by atoms with E-state index in [1.807, 2.05) is 19.2 Å². The van der Waals surface area contributed by atoms with Crippen LogP contribution >= 0.6 is 0 Å². The van der Waals surface area contributed by atoms with E-state index in [1.165, 1.54) is 5.56 Å². The molecule has 1 aliphatic rings. The van der Waals surface area contributed by atoms with Crippen molar-refractivity contribution in [2.24, 2.45) is 5.73 Å². The number of hydrogen-bond acceptors (Lipinski definition) is 4. The lowest BCUT2D eigenvalue weighted by Crippen LogP contribution is -2.55. The second-order valence-corrected chi connectivity index (χ2v) is 4.68. The van der Waals surface area contributed by atoms with Crippen LogP contribution < -0.4 is 5.73 Å². The zero-order valence-corrected chi connectivity index (χ0v) is 10.7. The first-order valence-electron chi connectivity index (χ1n) is 6.30. The van der Waals surface area contributed by atoms with E-state index >= 15 is 0 Å². The maximum atomic E-state index is 12.1. The minimum Gasteiger partial charge on any atom is -0.343 e. The van der Waals surface area contributed by atoms with E-state index in [0.29, 0.717) is 13.0 Å². The maximum Gasteiger partial charge on any atom is 0.239 e. The summed E-state index contributed by atoms with van der Waals surface area (Å²) in [6.07, 6.45) is 4.28. The van der Waals surface area contributed by atoms with Crippen LogP contribution in [0.15, 0.2) is 24.5 Å². The number of carbonyl (C=O) groups excluding carboxylic acids is 1. The largest absolute Gasteiger partial charge is 0.343 e. The Balaban J connectivity index is 2.08. The molecule has 5 heteroatoms. The summed E-state index contributed by atoms with van der Waals surface area (Å²) < 4.78 is 0. The number of rotatable bonds is 4. The second-order valence-electron chi connectivity index (χ2n) is 4.68. The van der Waals surface area contributed by atoms with Crippen molar-refractivity contribution in [2.75, 3.05) is 26.7 Å². The molecule has 1 fully saturated rings. The number of piperazine rings is 1. The fraction of sp³-hybridized carbons (Fsp3) is 0.538. The molecule has 2 heterocycles. The SMILES string of the molecule is CN1CCN(Cc2ccncc2)C(CCN)C1=O. The smallest absolute Gasteiger partial charge is 0.239 e. The summed E-state index contributed by atoms with van der Waals surface area (Å²) in [5.74, 6) is 0.181. The van der Waals surface area contributed by atoms with Gasteiger partial charge in [0.05, 0.1) is 6.04 Å². The first-order valence-corrected chi connectivity index (χ1v) is 6.30. The number of nitrogens with two attached hydrogens (primary N) is 1. The van der Waals surface area contributed by atoms with Gasteiger partial charge in [-0.15, -0.1) is 0 Å². The Morgan fingerprint density at radius 2 is 2.11 bits per heavy atom. The Labute approximate surface area is 108 Å². The van der Waals surface area contributed by atoms with E-state index < -0.39 is 0 Å². The van der Waals surface area contributed by atoms with Crippen molar-refractivity contribution < 1.29 is 4.79 Å². The average molecular weight is 248 g/mol. The van der Waals surface area contributed by atoms with Crippen molar-refractivity contribution >= 4 is 5.91 Å². The first-order chi connectivity index (χ1) is 8.72. The first kappa shape index (κ1) is 13.0. The van der Waals surface area contributed by atoms with Gasteiger partial charge in [-0.25, -0.2) is 0 Å². The number of nitrogens with zero attached hydrogens (tertiary/aromatic N) is 3. The molecule has 18 heavy (non-hydrogen) atoms. The van der Waals surface area contributed by atoms with Crippen molar-refractivity contribution in [3.05, 3.63) is 30.1 Å². The minimum absolute atomic E-state index is 0.0816. The Hall–Kier alpha value is -1.46. The van der Waals surface area contributed by atoms with Crippen molar-refractivity contribution in [1.29, 1.82) is 0 Å². The van der Waals surface area contributed by atoms with Gasteiger partial charge in [0.1, 0.15) is 0 Å². The topological polar surface area (TPSA) is 62.5 Å². The second kappa shape index (κ2) is 5.93.